The summed E-state index contributed by atoms with van der Waals surface area (Å²) in [5, 5.41) is 0.873. The van der Waals surface area contributed by atoms with Gasteiger partial charge < -0.3 is 4.74 Å². The first kappa shape index (κ1) is 35.9. The fraction of sp³-hybridized carbons (Fsp3) is 0.368. The zero-order chi connectivity index (χ0) is 30.9. The van der Waals surface area contributed by atoms with E-state index in [1.54, 1.807) is 13.2 Å². The third-order valence-corrected chi connectivity index (χ3v) is 6.97. The Balaban J connectivity index is 0.000000274. The third kappa shape index (κ3) is 13.0. The summed E-state index contributed by atoms with van der Waals surface area (Å²) in [4.78, 5) is 0. The quantitative estimate of drug-likeness (QED) is 0.229. The van der Waals surface area contributed by atoms with Crippen LogP contribution in [0.4, 0.5) is 4.39 Å². The molecule has 0 atom stereocenters. The molecule has 0 saturated heterocycles. The molecule has 0 unspecified atom stereocenters. The van der Waals surface area contributed by atoms with E-state index in [0.717, 1.165) is 16.3 Å². The van der Waals surface area contributed by atoms with Gasteiger partial charge in [-0.3, -0.25) is 0 Å². The van der Waals surface area contributed by atoms with Gasteiger partial charge in [0.1, 0.15) is 11.6 Å². The summed E-state index contributed by atoms with van der Waals surface area (Å²) < 4.78 is 18.0. The Morgan fingerprint density at radius 3 is 1.24 bits per heavy atom. The van der Waals surface area contributed by atoms with Crippen LogP contribution in [0.3, 0.4) is 0 Å². The molecular weight excluding hydrogens is 527 g/mol. The van der Waals surface area contributed by atoms with Gasteiger partial charge in [-0.1, -0.05) is 146 Å². The summed E-state index contributed by atoms with van der Waals surface area (Å²) in [5.74, 6) is 2.88. The van der Waals surface area contributed by atoms with Crippen LogP contribution in [0.15, 0.2) is 97.1 Å². The Morgan fingerprint density at radius 2 is 0.902 bits per heavy atom. The number of benzene rings is 4. The van der Waals surface area contributed by atoms with Crippen LogP contribution in [-0.4, -0.2) is 7.11 Å². The van der Waals surface area contributed by atoms with E-state index in [1.165, 1.54) is 28.3 Å². The molecule has 0 aromatic heterocycles. The molecule has 0 amide bonds. The highest BCUT2D eigenvalue weighted by Crippen LogP contribution is 2.25. The lowest BCUT2D eigenvalue weighted by Gasteiger charge is -2.10. The summed E-state index contributed by atoms with van der Waals surface area (Å²) >= 11 is 5.92. The van der Waals surface area contributed by atoms with Gasteiger partial charge in [-0.25, -0.2) is 4.39 Å². The maximum absolute atomic E-state index is 12.8. The lowest BCUT2D eigenvalue weighted by atomic mass is 9.99. The van der Waals surface area contributed by atoms with Crippen molar-refractivity contribution in [3.63, 3.8) is 0 Å². The van der Waals surface area contributed by atoms with Crippen LogP contribution < -0.4 is 4.74 Å². The van der Waals surface area contributed by atoms with Crippen LogP contribution in [0.1, 0.15) is 107 Å². The molecule has 0 saturated carbocycles. The van der Waals surface area contributed by atoms with E-state index in [0.29, 0.717) is 17.8 Å². The summed E-state index contributed by atoms with van der Waals surface area (Å²) in [5.41, 5.74) is 6.15. The first-order chi connectivity index (χ1) is 19.4. The molecule has 1 nitrogen and oxygen atoms in total. The molecular formula is C38H50ClFO. The molecule has 41 heavy (non-hydrogen) atoms. The molecule has 0 spiro atoms. The number of hydrogen-bond donors (Lipinski definition) is 0. The van der Waals surface area contributed by atoms with E-state index in [2.05, 4.69) is 84.9 Å². The molecule has 0 aliphatic carbocycles. The first-order valence-electron chi connectivity index (χ1n) is 14.6. The van der Waals surface area contributed by atoms with Crippen molar-refractivity contribution < 1.29 is 9.13 Å². The number of rotatable bonds is 5. The fourth-order valence-corrected chi connectivity index (χ4v) is 4.62. The summed E-state index contributed by atoms with van der Waals surface area (Å²) in [6.07, 6.45) is 0. The van der Waals surface area contributed by atoms with Gasteiger partial charge in [-0.05, 0) is 76.6 Å². The standard InChI is InChI=1S/C10H14O.C10H14.C9H11Cl.C9H11F/c1-8(2)9-6-4-5-7-10(9)11-3;1-8(2)10-7-5-4-6-9(10)3;2*1-7(2)8-5-3-4-6-9(8)10/h4-8H,1-3H3;4-8H,1-3H3;2*3-7H,1-2H3. The molecule has 0 N–H and O–H groups in total. The Labute approximate surface area is 254 Å². The van der Waals surface area contributed by atoms with E-state index in [1.807, 2.05) is 62.4 Å². The van der Waals surface area contributed by atoms with Crippen LogP contribution in [0.25, 0.3) is 0 Å². The number of methoxy groups -OCH3 is 1. The molecule has 3 heteroatoms. The minimum absolute atomic E-state index is 0.0995. The predicted octanol–water partition coefficient (Wildman–Crippen LogP) is 12.3. The molecule has 0 bridgehead atoms. The van der Waals surface area contributed by atoms with Crippen molar-refractivity contribution in [3.8, 4) is 5.75 Å². The molecule has 0 aliphatic heterocycles. The van der Waals surface area contributed by atoms with Gasteiger partial charge in [0.05, 0.1) is 7.11 Å². The minimum Gasteiger partial charge on any atom is -0.496 e. The second kappa shape index (κ2) is 19.1. The predicted molar refractivity (Wildman–Crippen MR) is 178 cm³/mol. The maximum Gasteiger partial charge on any atom is 0.126 e. The second-order valence-corrected chi connectivity index (χ2v) is 11.7. The molecule has 0 fully saturated rings. The third-order valence-electron chi connectivity index (χ3n) is 6.63. The Morgan fingerprint density at radius 1 is 0.512 bits per heavy atom. The number of para-hydroxylation sites is 1. The highest BCUT2D eigenvalue weighted by molar-refractivity contribution is 6.31. The zero-order valence-electron chi connectivity index (χ0n) is 26.7. The van der Waals surface area contributed by atoms with Crippen molar-refractivity contribution >= 4 is 11.6 Å². The van der Waals surface area contributed by atoms with Gasteiger partial charge in [0, 0.05) is 5.02 Å². The van der Waals surface area contributed by atoms with Gasteiger partial charge in [-0.2, -0.15) is 0 Å². The first-order valence-corrected chi connectivity index (χ1v) is 15.0. The van der Waals surface area contributed by atoms with E-state index in [4.69, 9.17) is 16.3 Å². The lowest BCUT2D eigenvalue weighted by molar-refractivity contribution is 0.407. The van der Waals surface area contributed by atoms with Gasteiger partial charge in [0.15, 0.2) is 0 Å². The Bertz CT molecular complexity index is 1160. The van der Waals surface area contributed by atoms with Gasteiger partial charge in [-0.15, -0.1) is 0 Å². The average molecular weight is 577 g/mol. The van der Waals surface area contributed by atoms with Crippen molar-refractivity contribution in [2.45, 2.75) is 86.0 Å². The highest BCUT2D eigenvalue weighted by atomic mass is 35.5. The van der Waals surface area contributed by atoms with Crippen molar-refractivity contribution in [1.82, 2.24) is 0 Å². The van der Waals surface area contributed by atoms with Gasteiger partial charge in [0.2, 0.25) is 0 Å². The highest BCUT2D eigenvalue weighted by Gasteiger charge is 2.05. The number of aryl methyl sites for hydroxylation is 1. The summed E-state index contributed by atoms with van der Waals surface area (Å²) in [7, 11) is 1.71. The summed E-state index contributed by atoms with van der Waals surface area (Å²) in [6, 6.07) is 31.5. The van der Waals surface area contributed by atoms with Crippen LogP contribution in [0.5, 0.6) is 5.75 Å². The molecule has 0 radical (unpaired) electrons. The van der Waals surface area contributed by atoms with E-state index >= 15 is 0 Å². The smallest absolute Gasteiger partial charge is 0.126 e. The van der Waals surface area contributed by atoms with Crippen molar-refractivity contribution in [1.29, 1.82) is 0 Å². The Hall–Kier alpha value is -3.10. The molecule has 222 valence electrons. The number of halogens is 2. The van der Waals surface area contributed by atoms with Crippen LogP contribution in [0.2, 0.25) is 5.02 Å². The maximum atomic E-state index is 12.8. The largest absolute Gasteiger partial charge is 0.496 e. The van der Waals surface area contributed by atoms with E-state index in [9.17, 15) is 4.39 Å². The van der Waals surface area contributed by atoms with E-state index in [-0.39, 0.29) is 11.7 Å². The average Bonchev–Trinajstić information content (AvgIpc) is 2.94. The summed E-state index contributed by atoms with van der Waals surface area (Å²) in [6.45, 7) is 19.2. The molecule has 4 rings (SSSR count). The normalized spacial score (nSPS) is 10.3. The molecule has 4 aromatic carbocycles. The minimum atomic E-state index is -0.0995. The van der Waals surface area contributed by atoms with Crippen molar-refractivity contribution in [2.24, 2.45) is 0 Å². The van der Waals surface area contributed by atoms with Crippen molar-refractivity contribution in [3.05, 3.63) is 136 Å². The van der Waals surface area contributed by atoms with E-state index < -0.39 is 0 Å². The van der Waals surface area contributed by atoms with Crippen LogP contribution in [-0.2, 0) is 0 Å². The van der Waals surface area contributed by atoms with Crippen LogP contribution in [0, 0.1) is 12.7 Å². The second-order valence-electron chi connectivity index (χ2n) is 11.3. The molecule has 4 aromatic rings. The molecule has 0 aliphatic rings. The lowest BCUT2D eigenvalue weighted by Crippen LogP contribution is -1.92. The monoisotopic (exact) mass is 576 g/mol. The van der Waals surface area contributed by atoms with Crippen molar-refractivity contribution in [2.75, 3.05) is 7.11 Å². The molecule has 0 heterocycles. The fourth-order valence-electron chi connectivity index (χ4n) is 4.26. The Kier molecular flexibility index (Phi) is 16.7. The zero-order valence-corrected chi connectivity index (χ0v) is 27.5. The van der Waals surface area contributed by atoms with Gasteiger partial charge in [0.25, 0.3) is 0 Å². The number of ether oxygens (including phenoxy) is 1. The van der Waals surface area contributed by atoms with Gasteiger partial charge >= 0.3 is 0 Å². The topological polar surface area (TPSA) is 9.23 Å². The SMILES string of the molecule is CC(C)c1ccccc1Cl.CC(C)c1ccccc1F.COc1ccccc1C(C)C.Cc1ccccc1C(C)C. The number of hydrogen-bond acceptors (Lipinski definition) is 1. The van der Waals surface area contributed by atoms with Crippen LogP contribution >= 0.6 is 11.6 Å².